The van der Waals surface area contributed by atoms with Crippen LogP contribution in [0.3, 0.4) is 0 Å². The molecule has 1 unspecified atom stereocenters. The molecule has 7 nitrogen and oxygen atoms in total. The smallest absolute Gasteiger partial charge is 0.273 e. The Bertz CT molecular complexity index is 793. The maximum atomic E-state index is 11.2. The summed E-state index contributed by atoms with van der Waals surface area (Å²) in [5.74, 6) is 2.38. The number of nitrogens with one attached hydrogen (secondary N) is 1. The molecule has 26 heavy (non-hydrogen) atoms. The third-order valence-electron chi connectivity index (χ3n) is 5.06. The van der Waals surface area contributed by atoms with E-state index in [0.29, 0.717) is 18.5 Å². The van der Waals surface area contributed by atoms with E-state index in [9.17, 15) is 10.1 Å². The monoisotopic (exact) mass is 353 g/mol. The average Bonchev–Trinajstić information content (AvgIpc) is 3.48. The molecule has 1 aliphatic heterocycles. The number of aromatic nitrogens is 2. The predicted octanol–water partition coefficient (Wildman–Crippen LogP) is 3.34. The molecule has 2 fully saturated rings. The van der Waals surface area contributed by atoms with Gasteiger partial charge in [0.1, 0.15) is 11.6 Å². The van der Waals surface area contributed by atoms with Crippen LogP contribution in [0.4, 0.5) is 11.5 Å². The van der Waals surface area contributed by atoms with Gasteiger partial charge >= 0.3 is 0 Å². The second-order valence-electron chi connectivity index (χ2n) is 7.18. The lowest BCUT2D eigenvalue weighted by Crippen LogP contribution is -2.41. The van der Waals surface area contributed by atoms with Crippen molar-refractivity contribution in [2.75, 3.05) is 18.4 Å². The van der Waals surface area contributed by atoms with E-state index in [-0.39, 0.29) is 10.6 Å². The Morgan fingerprint density at radius 1 is 1.23 bits per heavy atom. The van der Waals surface area contributed by atoms with Gasteiger partial charge in [0.2, 0.25) is 0 Å². The van der Waals surface area contributed by atoms with E-state index >= 15 is 0 Å². The van der Waals surface area contributed by atoms with Gasteiger partial charge < -0.3 is 5.32 Å². The van der Waals surface area contributed by atoms with Gasteiger partial charge in [-0.15, -0.1) is 0 Å². The number of benzene rings is 1. The minimum absolute atomic E-state index is 0.201. The maximum Gasteiger partial charge on any atom is 0.273 e. The highest BCUT2D eigenvalue weighted by Crippen LogP contribution is 2.38. The first-order valence-electron chi connectivity index (χ1n) is 9.23. The second kappa shape index (κ2) is 7.37. The molecule has 1 aromatic carbocycles. The first-order chi connectivity index (χ1) is 12.7. The average molecular weight is 353 g/mol. The van der Waals surface area contributed by atoms with Gasteiger partial charge in [-0.25, -0.2) is 9.97 Å². The molecule has 1 atom stereocenters. The van der Waals surface area contributed by atoms with Gasteiger partial charge in [0, 0.05) is 42.9 Å². The molecule has 1 aromatic heterocycles. The molecule has 0 spiro atoms. The molecule has 0 radical (unpaired) electrons. The molecule has 2 aromatic rings. The Hall–Kier alpha value is -2.54. The van der Waals surface area contributed by atoms with Crippen LogP contribution in [0.2, 0.25) is 0 Å². The summed E-state index contributed by atoms with van der Waals surface area (Å²) in [6, 6.07) is 9.23. The van der Waals surface area contributed by atoms with Crippen LogP contribution in [0.15, 0.2) is 36.5 Å². The fraction of sp³-hybridized carbons (Fsp3) is 0.474. The van der Waals surface area contributed by atoms with E-state index in [1.165, 1.54) is 12.8 Å². The molecule has 0 amide bonds. The lowest BCUT2D eigenvalue weighted by atomic mass is 10.0. The van der Waals surface area contributed by atoms with Gasteiger partial charge in [-0.3, -0.25) is 15.0 Å². The second-order valence-corrected chi connectivity index (χ2v) is 7.18. The molecule has 4 rings (SSSR count). The van der Waals surface area contributed by atoms with Crippen molar-refractivity contribution in [1.29, 1.82) is 0 Å². The molecular weight excluding hydrogens is 330 g/mol. The van der Waals surface area contributed by atoms with Crippen LogP contribution in [0.5, 0.6) is 0 Å². The van der Waals surface area contributed by atoms with Crippen LogP contribution in [0.25, 0.3) is 0 Å². The summed E-state index contributed by atoms with van der Waals surface area (Å²) >= 11 is 0. The first-order valence-corrected chi connectivity index (χ1v) is 9.23. The number of likely N-dealkylation sites (tertiary alicyclic amines) is 1. The minimum atomic E-state index is -0.296. The Labute approximate surface area is 152 Å². The number of nitro groups is 1. The van der Waals surface area contributed by atoms with E-state index in [1.807, 2.05) is 24.4 Å². The summed E-state index contributed by atoms with van der Waals surface area (Å²) < 4.78 is 0. The van der Waals surface area contributed by atoms with Crippen LogP contribution in [0, 0.1) is 10.1 Å². The van der Waals surface area contributed by atoms with Gasteiger partial charge in [0.25, 0.3) is 5.69 Å². The number of hydrogen-bond donors (Lipinski definition) is 1. The molecule has 136 valence electrons. The lowest BCUT2D eigenvalue weighted by Gasteiger charge is -2.33. The van der Waals surface area contributed by atoms with Crippen molar-refractivity contribution in [2.45, 2.75) is 44.2 Å². The number of nitrogens with zero attached hydrogens (tertiary/aromatic N) is 4. The van der Waals surface area contributed by atoms with Crippen LogP contribution < -0.4 is 5.32 Å². The summed E-state index contributed by atoms with van der Waals surface area (Å²) in [4.78, 5) is 22.2. The Kier molecular flexibility index (Phi) is 4.79. The molecule has 7 heteroatoms. The normalized spacial score (nSPS) is 20.7. The Morgan fingerprint density at radius 3 is 2.88 bits per heavy atom. The molecule has 1 aliphatic carbocycles. The fourth-order valence-electron chi connectivity index (χ4n) is 3.58. The number of piperidine rings is 1. The van der Waals surface area contributed by atoms with Gasteiger partial charge in [-0.05, 0) is 38.3 Å². The SMILES string of the molecule is O=[N+]([O-])c1ccccc1CN1CCCC(Nc2ccnc(C3CC3)n2)C1. The molecular formula is C19H23N5O2. The maximum absolute atomic E-state index is 11.2. The van der Waals surface area contributed by atoms with Gasteiger partial charge in [-0.2, -0.15) is 0 Å². The largest absolute Gasteiger partial charge is 0.366 e. The van der Waals surface area contributed by atoms with E-state index in [4.69, 9.17) is 0 Å². The molecule has 1 saturated heterocycles. The third-order valence-corrected chi connectivity index (χ3v) is 5.06. The van der Waals surface area contributed by atoms with Crippen molar-refractivity contribution in [1.82, 2.24) is 14.9 Å². The zero-order chi connectivity index (χ0) is 17.9. The van der Waals surface area contributed by atoms with Crippen molar-refractivity contribution in [3.63, 3.8) is 0 Å². The zero-order valence-electron chi connectivity index (χ0n) is 14.7. The van der Waals surface area contributed by atoms with Gasteiger partial charge in [0.05, 0.1) is 4.92 Å². The standard InChI is InChI=1S/C19H23N5O2/c25-24(26)17-6-2-1-4-15(17)12-23-11-3-5-16(13-23)21-18-9-10-20-19(22-18)14-7-8-14/h1-2,4,6,9-10,14,16H,3,5,7-8,11-13H2,(H,20,21,22). The molecule has 1 N–H and O–H groups in total. The summed E-state index contributed by atoms with van der Waals surface area (Å²) in [7, 11) is 0. The number of hydrogen-bond acceptors (Lipinski definition) is 6. The van der Waals surface area contributed by atoms with Crippen LogP contribution in [-0.2, 0) is 6.54 Å². The summed E-state index contributed by atoms with van der Waals surface area (Å²) in [6.07, 6.45) is 6.36. The summed E-state index contributed by atoms with van der Waals surface area (Å²) in [5, 5.41) is 14.8. The first kappa shape index (κ1) is 16.9. The highest BCUT2D eigenvalue weighted by Gasteiger charge is 2.27. The predicted molar refractivity (Wildman–Crippen MR) is 99.0 cm³/mol. The molecule has 1 saturated carbocycles. The van der Waals surface area contributed by atoms with Crippen molar-refractivity contribution < 1.29 is 4.92 Å². The molecule has 0 bridgehead atoms. The quantitative estimate of drug-likeness (QED) is 0.633. The summed E-state index contributed by atoms with van der Waals surface area (Å²) in [5.41, 5.74) is 0.976. The van der Waals surface area contributed by atoms with Crippen LogP contribution >= 0.6 is 0 Å². The Morgan fingerprint density at radius 2 is 2.08 bits per heavy atom. The topological polar surface area (TPSA) is 84.2 Å². The number of rotatable bonds is 6. The van der Waals surface area contributed by atoms with E-state index in [1.54, 1.807) is 12.1 Å². The fourth-order valence-corrected chi connectivity index (χ4v) is 3.58. The van der Waals surface area contributed by atoms with E-state index < -0.39 is 0 Å². The number of anilines is 1. The van der Waals surface area contributed by atoms with Gasteiger partial charge in [-0.1, -0.05) is 18.2 Å². The molecule has 2 heterocycles. The highest BCUT2D eigenvalue weighted by atomic mass is 16.6. The van der Waals surface area contributed by atoms with Crippen LogP contribution in [-0.4, -0.2) is 38.9 Å². The highest BCUT2D eigenvalue weighted by molar-refractivity contribution is 5.40. The zero-order valence-corrected chi connectivity index (χ0v) is 14.7. The van der Waals surface area contributed by atoms with Crippen molar-refractivity contribution in [3.8, 4) is 0 Å². The summed E-state index contributed by atoms with van der Waals surface area (Å²) in [6.45, 7) is 2.42. The minimum Gasteiger partial charge on any atom is -0.366 e. The lowest BCUT2D eigenvalue weighted by molar-refractivity contribution is -0.385. The van der Waals surface area contributed by atoms with Crippen LogP contribution in [0.1, 0.15) is 43.0 Å². The van der Waals surface area contributed by atoms with E-state index in [0.717, 1.165) is 43.1 Å². The van der Waals surface area contributed by atoms with Crippen molar-refractivity contribution in [3.05, 3.63) is 58.0 Å². The van der Waals surface area contributed by atoms with E-state index in [2.05, 4.69) is 20.2 Å². The Balaban J connectivity index is 1.40. The van der Waals surface area contributed by atoms with Crippen molar-refractivity contribution >= 4 is 11.5 Å². The number of para-hydroxylation sites is 1. The van der Waals surface area contributed by atoms with Gasteiger partial charge in [0.15, 0.2) is 0 Å². The number of nitro benzene ring substituents is 1. The van der Waals surface area contributed by atoms with Crippen molar-refractivity contribution in [2.24, 2.45) is 0 Å². The molecule has 2 aliphatic rings. The third kappa shape index (κ3) is 3.99.